The minimum absolute atomic E-state index is 0.00720. The standard InChI is InChI=1S/C27H19F3O4/c1-32-19-8-5-17(6-9-19)21-12-13-22(26(30)25(21)29)27(31)34-20-10-3-16(4-11-20)18-7-14-24(33-2)23(28)15-18/h3-15H,1-2H3. The monoisotopic (exact) mass is 464 g/mol. The van der Waals surface area contributed by atoms with Crippen LogP contribution in [0.4, 0.5) is 13.2 Å². The Kier molecular flexibility index (Phi) is 6.54. The number of halogens is 3. The molecule has 0 aliphatic heterocycles. The van der Waals surface area contributed by atoms with Crippen LogP contribution < -0.4 is 14.2 Å². The molecule has 0 bridgehead atoms. The topological polar surface area (TPSA) is 44.8 Å². The summed E-state index contributed by atoms with van der Waals surface area (Å²) < 4.78 is 58.5. The largest absolute Gasteiger partial charge is 0.497 e. The third-order valence-electron chi connectivity index (χ3n) is 5.25. The molecular weight excluding hydrogens is 445 g/mol. The molecule has 0 fully saturated rings. The number of rotatable bonds is 6. The van der Waals surface area contributed by atoms with Crippen molar-refractivity contribution in [1.29, 1.82) is 0 Å². The maximum Gasteiger partial charge on any atom is 0.346 e. The molecule has 0 amide bonds. The van der Waals surface area contributed by atoms with Crippen LogP contribution in [0.15, 0.2) is 78.9 Å². The number of carbonyl (C=O) groups excluding carboxylic acids is 1. The van der Waals surface area contributed by atoms with Crippen LogP contribution in [-0.4, -0.2) is 20.2 Å². The summed E-state index contributed by atoms with van der Waals surface area (Å²) in [6, 6.07) is 19.6. The first kappa shape index (κ1) is 22.9. The molecular formula is C27H19F3O4. The second-order valence-electron chi connectivity index (χ2n) is 7.28. The zero-order valence-corrected chi connectivity index (χ0v) is 18.3. The molecule has 0 aliphatic rings. The minimum Gasteiger partial charge on any atom is -0.497 e. The van der Waals surface area contributed by atoms with Crippen LogP contribution in [0, 0.1) is 17.5 Å². The Morgan fingerprint density at radius 1 is 0.647 bits per heavy atom. The van der Waals surface area contributed by atoms with E-state index in [1.807, 2.05) is 0 Å². The van der Waals surface area contributed by atoms with Crippen LogP contribution in [0.2, 0.25) is 0 Å². The van der Waals surface area contributed by atoms with E-state index in [4.69, 9.17) is 14.2 Å². The van der Waals surface area contributed by atoms with Crippen molar-refractivity contribution < 1.29 is 32.2 Å². The quantitative estimate of drug-likeness (QED) is 0.236. The summed E-state index contributed by atoms with van der Waals surface area (Å²) in [6.45, 7) is 0. The second kappa shape index (κ2) is 9.70. The van der Waals surface area contributed by atoms with Crippen molar-refractivity contribution in [2.75, 3.05) is 14.2 Å². The number of ether oxygens (including phenoxy) is 3. The zero-order valence-electron chi connectivity index (χ0n) is 18.3. The lowest BCUT2D eigenvalue weighted by molar-refractivity contribution is 0.0728. The fourth-order valence-electron chi connectivity index (χ4n) is 3.42. The number of hydrogen-bond donors (Lipinski definition) is 0. The molecule has 0 saturated heterocycles. The highest BCUT2D eigenvalue weighted by atomic mass is 19.2. The summed E-state index contributed by atoms with van der Waals surface area (Å²) >= 11 is 0. The molecule has 34 heavy (non-hydrogen) atoms. The van der Waals surface area contributed by atoms with Gasteiger partial charge in [0, 0.05) is 5.56 Å². The van der Waals surface area contributed by atoms with Crippen LogP contribution in [0.5, 0.6) is 17.2 Å². The van der Waals surface area contributed by atoms with E-state index in [2.05, 4.69) is 0 Å². The lowest BCUT2D eigenvalue weighted by atomic mass is 10.0. The van der Waals surface area contributed by atoms with Gasteiger partial charge in [-0.05, 0) is 59.2 Å². The fraction of sp³-hybridized carbons (Fsp3) is 0.0741. The normalized spacial score (nSPS) is 10.6. The molecule has 0 atom stereocenters. The number of methoxy groups -OCH3 is 2. The Bertz CT molecular complexity index is 1330. The Balaban J connectivity index is 1.52. The van der Waals surface area contributed by atoms with Gasteiger partial charge in [-0.25, -0.2) is 18.0 Å². The molecule has 4 aromatic carbocycles. The highest BCUT2D eigenvalue weighted by molar-refractivity contribution is 5.92. The summed E-state index contributed by atoms with van der Waals surface area (Å²) in [6.07, 6.45) is 0. The molecule has 0 saturated carbocycles. The minimum atomic E-state index is -1.30. The van der Waals surface area contributed by atoms with Gasteiger partial charge in [-0.2, -0.15) is 0 Å². The van der Waals surface area contributed by atoms with Gasteiger partial charge in [0.25, 0.3) is 0 Å². The zero-order chi connectivity index (χ0) is 24.2. The fourth-order valence-corrected chi connectivity index (χ4v) is 3.42. The van der Waals surface area contributed by atoms with Crippen molar-refractivity contribution >= 4 is 5.97 Å². The summed E-state index contributed by atoms with van der Waals surface area (Å²) in [5.74, 6) is -3.18. The molecule has 0 heterocycles. The molecule has 4 rings (SSSR count). The van der Waals surface area contributed by atoms with Crippen LogP contribution >= 0.6 is 0 Å². The molecule has 0 unspecified atom stereocenters. The van der Waals surface area contributed by atoms with Gasteiger partial charge in [0.05, 0.1) is 19.8 Å². The molecule has 172 valence electrons. The van der Waals surface area contributed by atoms with Gasteiger partial charge in [0.1, 0.15) is 11.5 Å². The van der Waals surface area contributed by atoms with E-state index < -0.39 is 29.0 Å². The maximum absolute atomic E-state index is 14.7. The van der Waals surface area contributed by atoms with E-state index in [0.717, 1.165) is 0 Å². The van der Waals surface area contributed by atoms with E-state index in [0.29, 0.717) is 22.4 Å². The Morgan fingerprint density at radius 2 is 1.26 bits per heavy atom. The SMILES string of the molecule is COc1ccc(-c2ccc(C(=O)Oc3ccc(-c4ccc(OC)c(F)c4)cc3)c(F)c2F)cc1. The highest BCUT2D eigenvalue weighted by Gasteiger charge is 2.21. The summed E-state index contributed by atoms with van der Waals surface area (Å²) in [4.78, 5) is 12.5. The van der Waals surface area contributed by atoms with Gasteiger partial charge in [0.2, 0.25) is 0 Å². The molecule has 0 aromatic heterocycles. The van der Waals surface area contributed by atoms with Gasteiger partial charge in [0.15, 0.2) is 23.2 Å². The maximum atomic E-state index is 14.7. The molecule has 0 N–H and O–H groups in total. The predicted octanol–water partition coefficient (Wildman–Crippen LogP) is 6.67. The molecule has 0 spiro atoms. The van der Waals surface area contributed by atoms with Crippen molar-refractivity contribution in [3.63, 3.8) is 0 Å². The van der Waals surface area contributed by atoms with Gasteiger partial charge >= 0.3 is 5.97 Å². The van der Waals surface area contributed by atoms with Gasteiger partial charge in [-0.3, -0.25) is 0 Å². The lowest BCUT2D eigenvalue weighted by Gasteiger charge is -2.10. The highest BCUT2D eigenvalue weighted by Crippen LogP contribution is 2.30. The molecule has 4 aromatic rings. The van der Waals surface area contributed by atoms with E-state index in [1.54, 1.807) is 42.5 Å². The smallest absolute Gasteiger partial charge is 0.346 e. The average molecular weight is 464 g/mol. The first-order valence-electron chi connectivity index (χ1n) is 10.2. The molecule has 0 radical (unpaired) electrons. The molecule has 4 nitrogen and oxygen atoms in total. The van der Waals surface area contributed by atoms with Gasteiger partial charge < -0.3 is 14.2 Å². The van der Waals surface area contributed by atoms with Crippen LogP contribution in [0.3, 0.4) is 0 Å². The molecule has 7 heteroatoms. The lowest BCUT2D eigenvalue weighted by Crippen LogP contribution is -2.12. The van der Waals surface area contributed by atoms with E-state index in [1.165, 1.54) is 50.6 Å². The number of carbonyl (C=O) groups is 1. The third kappa shape index (κ3) is 4.59. The summed E-state index contributed by atoms with van der Waals surface area (Å²) in [5.41, 5.74) is 1.17. The first-order chi connectivity index (χ1) is 16.4. The van der Waals surface area contributed by atoms with Crippen LogP contribution in [-0.2, 0) is 0 Å². The Labute approximate surface area is 194 Å². The number of hydrogen-bond acceptors (Lipinski definition) is 4. The number of benzene rings is 4. The van der Waals surface area contributed by atoms with Crippen molar-refractivity contribution in [2.24, 2.45) is 0 Å². The van der Waals surface area contributed by atoms with E-state index in [9.17, 15) is 18.0 Å². The average Bonchev–Trinajstić information content (AvgIpc) is 2.86. The van der Waals surface area contributed by atoms with Crippen molar-refractivity contribution in [3.8, 4) is 39.5 Å². The van der Waals surface area contributed by atoms with Crippen molar-refractivity contribution in [2.45, 2.75) is 0 Å². The Morgan fingerprint density at radius 3 is 1.88 bits per heavy atom. The second-order valence-corrected chi connectivity index (χ2v) is 7.28. The molecule has 0 aliphatic carbocycles. The summed E-state index contributed by atoms with van der Waals surface area (Å²) in [5, 5.41) is 0. The van der Waals surface area contributed by atoms with E-state index in [-0.39, 0.29) is 17.1 Å². The predicted molar refractivity (Wildman–Crippen MR) is 122 cm³/mol. The van der Waals surface area contributed by atoms with Crippen LogP contribution in [0.1, 0.15) is 10.4 Å². The Hall–Kier alpha value is -4.26. The van der Waals surface area contributed by atoms with Gasteiger partial charge in [-0.1, -0.05) is 36.4 Å². The van der Waals surface area contributed by atoms with Crippen molar-refractivity contribution in [3.05, 3.63) is 102 Å². The third-order valence-corrected chi connectivity index (χ3v) is 5.25. The number of esters is 1. The van der Waals surface area contributed by atoms with Gasteiger partial charge in [-0.15, -0.1) is 0 Å². The summed E-state index contributed by atoms with van der Waals surface area (Å²) in [7, 11) is 2.88. The first-order valence-corrected chi connectivity index (χ1v) is 10.2. The van der Waals surface area contributed by atoms with Crippen molar-refractivity contribution in [1.82, 2.24) is 0 Å². The van der Waals surface area contributed by atoms with Crippen LogP contribution in [0.25, 0.3) is 22.3 Å². The van der Waals surface area contributed by atoms with E-state index >= 15 is 0 Å².